The highest BCUT2D eigenvalue weighted by atomic mass is 31.1. The topological polar surface area (TPSA) is 44.8 Å². The van der Waals surface area contributed by atoms with Gasteiger partial charge in [0.25, 0.3) is 0 Å². The molecule has 0 aliphatic heterocycles. The van der Waals surface area contributed by atoms with Crippen LogP contribution in [0.3, 0.4) is 0 Å². The van der Waals surface area contributed by atoms with Crippen molar-refractivity contribution in [3.05, 3.63) is 47.0 Å². The van der Waals surface area contributed by atoms with Crippen LogP contribution >= 0.6 is 8.58 Å². The minimum Gasteiger partial charge on any atom is -0.493 e. The third-order valence-electron chi connectivity index (χ3n) is 9.05. The van der Waals surface area contributed by atoms with Crippen LogP contribution in [0.2, 0.25) is 0 Å². The van der Waals surface area contributed by atoms with E-state index in [1.807, 2.05) is 44.2 Å². The fraction of sp³-hybridized carbons (Fsp3) is 0.667. The number of unbranched alkanes of at least 4 members (excludes halogenated alkanes) is 3. The van der Waals surface area contributed by atoms with Crippen molar-refractivity contribution in [2.24, 2.45) is 17.8 Å². The highest BCUT2D eigenvalue weighted by molar-refractivity contribution is 7.66. The second-order valence-corrected chi connectivity index (χ2v) is 13.9. The Bertz CT molecular complexity index is 1040. The number of hydrogen-bond donors (Lipinski definition) is 0. The Morgan fingerprint density at radius 3 is 1.45 bits per heavy atom. The van der Waals surface area contributed by atoms with E-state index in [-0.39, 0.29) is 14.1 Å². The van der Waals surface area contributed by atoms with Crippen molar-refractivity contribution in [2.75, 3.05) is 19.8 Å². The highest BCUT2D eigenvalue weighted by Gasteiger charge is 2.23. The molecule has 4 unspecified atom stereocenters. The lowest BCUT2D eigenvalue weighted by molar-refractivity contribution is 0.108. The molecule has 4 nitrogen and oxygen atoms in total. The van der Waals surface area contributed by atoms with Crippen molar-refractivity contribution >= 4 is 19.4 Å². The van der Waals surface area contributed by atoms with Crippen LogP contribution in [0.4, 0.5) is 0 Å². The molecule has 2 rings (SSSR count). The SMILES string of the molecule is CCCCC(CC)COc1cc(OCC(CC)CCCC)c(PC(=O)c2c(C)cccc2C)c(OCC(CC)CCCC)c1. The maximum absolute atomic E-state index is 13.9. The van der Waals surface area contributed by atoms with E-state index >= 15 is 0 Å². The van der Waals surface area contributed by atoms with Crippen molar-refractivity contribution in [1.82, 2.24) is 0 Å². The van der Waals surface area contributed by atoms with Crippen molar-refractivity contribution in [3.8, 4) is 17.2 Å². The first-order valence-corrected chi connectivity index (χ1v) is 18.7. The van der Waals surface area contributed by atoms with Gasteiger partial charge in [0.1, 0.15) is 17.2 Å². The fourth-order valence-corrected chi connectivity index (χ4v) is 6.95. The molecule has 44 heavy (non-hydrogen) atoms. The number of carbonyl (C=O) groups excluding carboxylic acids is 1. The largest absolute Gasteiger partial charge is 0.493 e. The smallest absolute Gasteiger partial charge is 0.186 e. The number of aryl methyl sites for hydroxylation is 2. The minimum absolute atomic E-state index is 0.0945. The van der Waals surface area contributed by atoms with Gasteiger partial charge in [-0.1, -0.05) is 118 Å². The van der Waals surface area contributed by atoms with Gasteiger partial charge in [-0.2, -0.15) is 0 Å². The minimum atomic E-state index is -0.0945. The Kier molecular flexibility index (Phi) is 18.7. The zero-order chi connectivity index (χ0) is 32.3. The predicted molar refractivity (Wildman–Crippen MR) is 191 cm³/mol. The summed E-state index contributed by atoms with van der Waals surface area (Å²) < 4.78 is 19.8. The Balaban J connectivity index is 2.53. The molecule has 0 aromatic heterocycles. The molecule has 2 aromatic rings. The molecule has 0 aliphatic rings. The summed E-state index contributed by atoms with van der Waals surface area (Å²) in [4.78, 5) is 13.9. The van der Waals surface area contributed by atoms with Crippen molar-refractivity contribution in [3.63, 3.8) is 0 Å². The van der Waals surface area contributed by atoms with Crippen LogP contribution in [0.5, 0.6) is 17.2 Å². The van der Waals surface area contributed by atoms with Crippen LogP contribution in [-0.4, -0.2) is 25.3 Å². The first kappa shape index (κ1) is 38.1. The van der Waals surface area contributed by atoms with E-state index in [9.17, 15) is 4.79 Å². The van der Waals surface area contributed by atoms with Gasteiger partial charge >= 0.3 is 0 Å². The third kappa shape index (κ3) is 12.7. The lowest BCUT2D eigenvalue weighted by Crippen LogP contribution is -2.19. The molecule has 0 saturated carbocycles. The van der Waals surface area contributed by atoms with Crippen molar-refractivity contribution in [1.29, 1.82) is 0 Å². The second-order valence-electron chi connectivity index (χ2n) is 12.7. The normalized spacial score (nSPS) is 13.6. The van der Waals surface area contributed by atoms with Crippen LogP contribution in [0.1, 0.15) is 140 Å². The number of ether oxygens (including phenoxy) is 3. The van der Waals surface area contributed by atoms with Gasteiger partial charge in [0.2, 0.25) is 0 Å². The fourth-order valence-electron chi connectivity index (χ4n) is 5.67. The monoisotopic (exact) mass is 626 g/mol. The second kappa shape index (κ2) is 21.6. The van der Waals surface area contributed by atoms with E-state index < -0.39 is 0 Å². The molecule has 5 heteroatoms. The Morgan fingerprint density at radius 1 is 0.659 bits per heavy atom. The lowest BCUT2D eigenvalue weighted by atomic mass is 10.0. The lowest BCUT2D eigenvalue weighted by Gasteiger charge is -2.23. The van der Waals surface area contributed by atoms with Crippen molar-refractivity contribution in [2.45, 2.75) is 132 Å². The van der Waals surface area contributed by atoms with E-state index in [0.717, 1.165) is 71.3 Å². The average Bonchev–Trinajstić information content (AvgIpc) is 3.02. The van der Waals surface area contributed by atoms with Gasteiger partial charge in [0, 0.05) is 17.7 Å². The predicted octanol–water partition coefficient (Wildman–Crippen LogP) is 11.2. The summed E-state index contributed by atoms with van der Waals surface area (Å²) in [5.41, 5.74) is 2.97. The van der Waals surface area contributed by atoms with Crippen molar-refractivity contribution < 1.29 is 19.0 Å². The van der Waals surface area contributed by atoms with Gasteiger partial charge in [-0.05, 0) is 70.6 Å². The summed E-state index contributed by atoms with van der Waals surface area (Å²) >= 11 is 0. The molecule has 0 aliphatic carbocycles. The number of rotatable bonds is 24. The Labute approximate surface area is 272 Å². The zero-order valence-corrected chi connectivity index (χ0v) is 30.4. The van der Waals surface area contributed by atoms with Gasteiger partial charge in [0.05, 0.1) is 25.1 Å². The Morgan fingerprint density at radius 2 is 1.07 bits per heavy atom. The maximum Gasteiger partial charge on any atom is 0.186 e. The first-order chi connectivity index (χ1) is 21.3. The molecule has 0 amide bonds. The quantitative estimate of drug-likeness (QED) is 0.109. The summed E-state index contributed by atoms with van der Waals surface area (Å²) in [6.07, 6.45) is 13.9. The van der Waals surface area contributed by atoms with E-state index in [4.69, 9.17) is 14.2 Å². The molecule has 0 radical (unpaired) electrons. The molecule has 0 N–H and O–H groups in total. The molecule has 0 fully saturated rings. The summed E-state index contributed by atoms with van der Waals surface area (Å²) in [6.45, 7) is 19.5. The van der Waals surface area contributed by atoms with E-state index in [1.54, 1.807) is 0 Å². The summed E-state index contributed by atoms with van der Waals surface area (Å²) in [5, 5.41) is 0.874. The van der Waals surface area contributed by atoms with Crippen LogP contribution < -0.4 is 19.5 Å². The number of carbonyl (C=O) groups is 1. The van der Waals surface area contributed by atoms with Gasteiger partial charge in [-0.25, -0.2) is 0 Å². The molecule has 2 aromatic carbocycles. The zero-order valence-electron chi connectivity index (χ0n) is 29.4. The molecule has 0 heterocycles. The molecular formula is C39H63O4P. The van der Waals surface area contributed by atoms with Crippen LogP contribution in [0, 0.1) is 31.6 Å². The van der Waals surface area contributed by atoms with Gasteiger partial charge in [-0.15, -0.1) is 0 Å². The van der Waals surface area contributed by atoms with E-state index in [2.05, 4.69) is 41.5 Å². The maximum atomic E-state index is 13.9. The summed E-state index contributed by atoms with van der Waals surface area (Å²) in [5.74, 6) is 3.74. The molecular weight excluding hydrogens is 563 g/mol. The van der Waals surface area contributed by atoms with Gasteiger partial charge in [-0.3, -0.25) is 4.79 Å². The molecule has 4 atom stereocenters. The highest BCUT2D eigenvalue weighted by Crippen LogP contribution is 2.37. The number of benzene rings is 2. The third-order valence-corrected chi connectivity index (χ3v) is 10.3. The standard InChI is InChI=1S/C39H63O4P/c1-9-15-21-31(12-4)26-41-34-24-35(42-27-32(13-5)22-16-10-2)38(36(25-34)43-28-33(14-6)23-17-11-3)44-39(40)37-29(7)19-18-20-30(37)8/h18-20,24-25,31-33,44H,9-17,21-23,26-28H2,1-8H3. The number of hydrogen-bond acceptors (Lipinski definition) is 4. The molecule has 0 spiro atoms. The molecule has 0 saturated heterocycles. The summed E-state index contributed by atoms with van der Waals surface area (Å²) in [7, 11) is -0.0945. The van der Waals surface area contributed by atoms with E-state index in [0.29, 0.717) is 37.6 Å². The average molecular weight is 627 g/mol. The van der Waals surface area contributed by atoms with Crippen LogP contribution in [0.15, 0.2) is 30.3 Å². The first-order valence-electron chi connectivity index (χ1n) is 17.7. The van der Waals surface area contributed by atoms with Crippen LogP contribution in [0.25, 0.3) is 0 Å². The summed E-state index contributed by atoms with van der Waals surface area (Å²) in [6, 6.07) is 10.1. The van der Waals surface area contributed by atoms with Crippen LogP contribution in [-0.2, 0) is 0 Å². The van der Waals surface area contributed by atoms with Gasteiger partial charge in [0.15, 0.2) is 5.52 Å². The molecule has 0 bridgehead atoms. The van der Waals surface area contributed by atoms with Gasteiger partial charge < -0.3 is 14.2 Å². The van der Waals surface area contributed by atoms with E-state index in [1.165, 1.54) is 44.9 Å². The molecule has 248 valence electrons. The Hall–Kier alpha value is -2.06.